The number of benzene rings is 1. The number of carbonyl (C=O) groups excluding carboxylic acids is 1. The molecule has 3 bridgehead atoms. The normalized spacial score (nSPS) is 38.9. The summed E-state index contributed by atoms with van der Waals surface area (Å²) in [5.74, 6) is 3.43. The molecule has 5 atom stereocenters. The number of hydrogen-bond acceptors (Lipinski definition) is 4. The summed E-state index contributed by atoms with van der Waals surface area (Å²) in [7, 11) is 3.47. The fourth-order valence-corrected chi connectivity index (χ4v) is 7.28. The van der Waals surface area contributed by atoms with E-state index in [0.29, 0.717) is 11.9 Å². The second kappa shape index (κ2) is 5.74. The smallest absolute Gasteiger partial charge is 0.262 e. The lowest BCUT2D eigenvalue weighted by atomic mass is 9.56. The van der Waals surface area contributed by atoms with Crippen LogP contribution in [0.25, 0.3) is 0 Å². The van der Waals surface area contributed by atoms with Crippen LogP contribution in [0.4, 0.5) is 0 Å². The van der Waals surface area contributed by atoms with Crippen molar-refractivity contribution in [3.8, 4) is 5.75 Å². The van der Waals surface area contributed by atoms with Crippen molar-refractivity contribution in [2.75, 3.05) is 14.2 Å². The van der Waals surface area contributed by atoms with Crippen molar-refractivity contribution in [2.24, 2.45) is 33.9 Å². The highest BCUT2D eigenvalue weighted by atomic mass is 16.5. The summed E-state index contributed by atoms with van der Waals surface area (Å²) in [6.07, 6.45) is 7.22. The van der Waals surface area contributed by atoms with Gasteiger partial charge in [0.15, 0.2) is 11.5 Å². The van der Waals surface area contributed by atoms with Crippen LogP contribution in [0.5, 0.6) is 5.75 Å². The van der Waals surface area contributed by atoms with E-state index in [1.54, 1.807) is 19.1 Å². The first-order chi connectivity index (χ1) is 13.4. The topological polar surface area (TPSA) is 67.9 Å². The third kappa shape index (κ3) is 1.93. The minimum atomic E-state index is -0.887. The zero-order valence-corrected chi connectivity index (χ0v) is 17.4. The maximum absolute atomic E-state index is 13.9. The molecule has 0 aromatic heterocycles. The molecule has 150 valence electrons. The maximum atomic E-state index is 13.9. The molecule has 0 radical (unpaired) electrons. The Morgan fingerprint density at radius 3 is 2.64 bits per heavy atom. The summed E-state index contributed by atoms with van der Waals surface area (Å²) >= 11 is 0. The lowest BCUT2D eigenvalue weighted by molar-refractivity contribution is -0.138. The minimum Gasteiger partial charge on any atom is -0.496 e. The van der Waals surface area contributed by atoms with Crippen LogP contribution >= 0.6 is 0 Å². The standard InChI is InChI=1S/C23H31N3O2/c1-13-14(2)19(28-4)8-7-18(13)23(20(27)26(3)21(24)25-23)22-10-9-15-5-6-17(22)11-16(15)12-22/h7-8,15-17H,5-6,9-12H2,1-4H3,(H2,24,25). The molecule has 28 heavy (non-hydrogen) atoms. The highest BCUT2D eigenvalue weighted by molar-refractivity contribution is 6.07. The van der Waals surface area contributed by atoms with Crippen molar-refractivity contribution in [1.29, 1.82) is 0 Å². The van der Waals surface area contributed by atoms with Crippen molar-refractivity contribution in [2.45, 2.75) is 57.9 Å². The van der Waals surface area contributed by atoms with E-state index in [4.69, 9.17) is 15.5 Å². The maximum Gasteiger partial charge on any atom is 0.262 e. The predicted molar refractivity (Wildman–Crippen MR) is 109 cm³/mol. The number of ether oxygens (including phenoxy) is 1. The van der Waals surface area contributed by atoms with Crippen LogP contribution in [0.2, 0.25) is 0 Å². The molecule has 5 nitrogen and oxygen atoms in total. The molecular weight excluding hydrogens is 350 g/mol. The van der Waals surface area contributed by atoms with Crippen molar-refractivity contribution in [1.82, 2.24) is 4.90 Å². The molecule has 0 saturated heterocycles. The van der Waals surface area contributed by atoms with Crippen molar-refractivity contribution in [3.05, 3.63) is 28.8 Å². The van der Waals surface area contributed by atoms with Crippen LogP contribution in [0.15, 0.2) is 17.1 Å². The summed E-state index contributed by atoms with van der Waals surface area (Å²) in [6, 6.07) is 4.08. The van der Waals surface area contributed by atoms with Crippen LogP contribution < -0.4 is 10.5 Å². The first kappa shape index (κ1) is 18.0. The number of rotatable bonds is 3. The van der Waals surface area contributed by atoms with E-state index >= 15 is 0 Å². The average molecular weight is 382 g/mol. The molecule has 1 heterocycles. The third-order valence-corrected chi connectivity index (χ3v) is 8.82. The quantitative estimate of drug-likeness (QED) is 0.871. The Morgan fingerprint density at radius 1 is 1.18 bits per heavy atom. The number of amides is 1. The molecule has 4 aliphatic rings. The first-order valence-corrected chi connectivity index (χ1v) is 10.6. The molecule has 2 N–H and O–H groups in total. The lowest BCUT2D eigenvalue weighted by Gasteiger charge is -2.48. The van der Waals surface area contributed by atoms with Gasteiger partial charge in [-0.15, -0.1) is 0 Å². The minimum absolute atomic E-state index is 0.0590. The van der Waals surface area contributed by atoms with Gasteiger partial charge in [-0.25, -0.2) is 4.99 Å². The largest absolute Gasteiger partial charge is 0.496 e. The van der Waals surface area contributed by atoms with E-state index in [-0.39, 0.29) is 11.3 Å². The zero-order valence-electron chi connectivity index (χ0n) is 17.4. The van der Waals surface area contributed by atoms with Gasteiger partial charge in [0, 0.05) is 12.5 Å². The van der Waals surface area contributed by atoms with E-state index in [0.717, 1.165) is 47.1 Å². The molecule has 1 aliphatic heterocycles. The van der Waals surface area contributed by atoms with Gasteiger partial charge in [-0.05, 0) is 92.9 Å². The van der Waals surface area contributed by atoms with Crippen molar-refractivity contribution in [3.63, 3.8) is 0 Å². The Labute approximate surface area is 167 Å². The molecule has 1 amide bonds. The fraction of sp³-hybridized carbons (Fsp3) is 0.652. The summed E-state index contributed by atoms with van der Waals surface area (Å²) in [4.78, 5) is 20.5. The van der Waals surface area contributed by atoms with E-state index in [9.17, 15) is 4.79 Å². The summed E-state index contributed by atoms with van der Waals surface area (Å²) < 4.78 is 5.54. The van der Waals surface area contributed by atoms with Crippen LogP contribution in [0, 0.1) is 37.0 Å². The average Bonchev–Trinajstić information content (AvgIpc) is 2.96. The lowest BCUT2D eigenvalue weighted by Crippen LogP contribution is -2.54. The van der Waals surface area contributed by atoms with E-state index in [1.165, 1.54) is 25.7 Å². The van der Waals surface area contributed by atoms with Gasteiger partial charge in [0.2, 0.25) is 0 Å². The number of guanidine groups is 1. The number of nitrogens with two attached hydrogens (primary N) is 1. The Bertz CT molecular complexity index is 894. The highest BCUT2D eigenvalue weighted by Gasteiger charge is 2.70. The molecule has 5 heteroatoms. The van der Waals surface area contributed by atoms with Gasteiger partial charge in [0.05, 0.1) is 7.11 Å². The van der Waals surface area contributed by atoms with Crippen molar-refractivity contribution < 1.29 is 9.53 Å². The second-order valence-corrected chi connectivity index (χ2v) is 9.54. The second-order valence-electron chi connectivity index (χ2n) is 9.54. The Kier molecular flexibility index (Phi) is 3.69. The van der Waals surface area contributed by atoms with Gasteiger partial charge in [0.25, 0.3) is 5.91 Å². The zero-order chi connectivity index (χ0) is 19.8. The number of nitrogens with zero attached hydrogens (tertiary/aromatic N) is 2. The molecule has 3 fully saturated rings. The van der Waals surface area contributed by atoms with Crippen molar-refractivity contribution >= 4 is 11.9 Å². The van der Waals surface area contributed by atoms with Gasteiger partial charge in [-0.3, -0.25) is 9.69 Å². The molecular formula is C23H31N3O2. The number of likely N-dealkylation sites (N-methyl/N-ethyl adjacent to an activating group) is 1. The summed E-state index contributed by atoms with van der Waals surface area (Å²) in [6.45, 7) is 4.18. The third-order valence-electron chi connectivity index (χ3n) is 8.82. The van der Waals surface area contributed by atoms with E-state index < -0.39 is 5.54 Å². The molecule has 1 aromatic rings. The predicted octanol–water partition coefficient (Wildman–Crippen LogP) is 3.51. The van der Waals surface area contributed by atoms with Crippen LogP contribution in [0.3, 0.4) is 0 Å². The highest BCUT2D eigenvalue weighted by Crippen LogP contribution is 2.70. The summed E-state index contributed by atoms with van der Waals surface area (Å²) in [5, 5.41) is 0. The van der Waals surface area contributed by atoms with Crippen LogP contribution in [-0.2, 0) is 10.3 Å². The molecule has 0 spiro atoms. The SMILES string of the molecule is COc1ccc(C2(C34CCC5CCC3CC5C4)N=C(N)N(C)C2=O)c(C)c1C. The number of carbonyl (C=O) groups is 1. The molecule has 5 unspecified atom stereocenters. The molecule has 3 saturated carbocycles. The number of hydrogen-bond donors (Lipinski definition) is 1. The Morgan fingerprint density at radius 2 is 1.96 bits per heavy atom. The Balaban J connectivity index is 1.78. The molecule has 5 rings (SSSR count). The van der Waals surface area contributed by atoms with Gasteiger partial charge in [-0.2, -0.15) is 0 Å². The Hall–Kier alpha value is -2.04. The first-order valence-electron chi connectivity index (χ1n) is 10.6. The van der Waals surface area contributed by atoms with Gasteiger partial charge >= 0.3 is 0 Å². The number of methoxy groups -OCH3 is 1. The van der Waals surface area contributed by atoms with Crippen LogP contribution in [0.1, 0.15) is 55.2 Å². The number of aliphatic imine (C=N–C) groups is 1. The van der Waals surface area contributed by atoms with Gasteiger partial charge in [-0.1, -0.05) is 6.07 Å². The summed E-state index contributed by atoms with van der Waals surface area (Å²) in [5.41, 5.74) is 8.52. The molecule has 3 aliphatic carbocycles. The molecule has 1 aromatic carbocycles. The monoisotopic (exact) mass is 381 g/mol. The van der Waals surface area contributed by atoms with E-state index in [2.05, 4.69) is 19.9 Å². The van der Waals surface area contributed by atoms with Gasteiger partial charge in [0.1, 0.15) is 5.75 Å². The van der Waals surface area contributed by atoms with Crippen LogP contribution in [-0.4, -0.2) is 30.9 Å². The van der Waals surface area contributed by atoms with Gasteiger partial charge < -0.3 is 10.5 Å². The number of fused-ring (bicyclic) bond motifs is 3. The van der Waals surface area contributed by atoms with E-state index in [1.807, 2.05) is 6.07 Å². The fourth-order valence-electron chi connectivity index (χ4n) is 7.28.